The summed E-state index contributed by atoms with van der Waals surface area (Å²) < 4.78 is 9.81. The van der Waals surface area contributed by atoms with Crippen LogP contribution in [0.15, 0.2) is 44.7 Å². The van der Waals surface area contributed by atoms with E-state index in [2.05, 4.69) is 71.2 Å². The van der Waals surface area contributed by atoms with E-state index in [0.717, 1.165) is 22.9 Å². The van der Waals surface area contributed by atoms with Crippen LogP contribution in [0.2, 0.25) is 0 Å². The molecule has 0 N–H and O–H groups in total. The molecule has 0 atom stereocenters. The highest BCUT2D eigenvalue weighted by atomic mass is 127. The number of nitrogens with zero attached hydrogens (tertiary/aromatic N) is 3. The lowest BCUT2D eigenvalue weighted by Gasteiger charge is -2.09. The summed E-state index contributed by atoms with van der Waals surface area (Å²) in [6, 6.07) is 9.40. The van der Waals surface area contributed by atoms with E-state index in [9.17, 15) is 4.79 Å². The first-order valence-corrected chi connectivity index (χ1v) is 10.7. The lowest BCUT2D eigenvalue weighted by molar-refractivity contribution is 0.335. The van der Waals surface area contributed by atoms with Crippen molar-refractivity contribution in [2.45, 2.75) is 13.8 Å². The van der Waals surface area contributed by atoms with Crippen molar-refractivity contribution in [1.82, 2.24) is 9.66 Å². The molecule has 0 aliphatic rings. The zero-order chi connectivity index (χ0) is 18.8. The first-order chi connectivity index (χ1) is 12.4. The van der Waals surface area contributed by atoms with Crippen LogP contribution in [-0.4, -0.2) is 22.5 Å². The van der Waals surface area contributed by atoms with Gasteiger partial charge in [-0.2, -0.15) is 9.78 Å². The number of halogens is 3. The van der Waals surface area contributed by atoms with Crippen molar-refractivity contribution < 1.29 is 4.74 Å². The Kier molecular flexibility index (Phi) is 6.33. The fourth-order valence-corrected chi connectivity index (χ4v) is 4.95. The average molecular weight is 638 g/mol. The molecule has 26 heavy (non-hydrogen) atoms. The first kappa shape index (κ1) is 19.7. The Balaban J connectivity index is 2.05. The molecule has 0 saturated carbocycles. The SMILES string of the molecule is CCOc1c(I)cc(C=Nn2c(C)nc3ccc(Br)cc3c2=O)cc1I. The van der Waals surface area contributed by atoms with Gasteiger partial charge in [-0.05, 0) is 94.9 Å². The number of aromatic nitrogens is 2. The van der Waals surface area contributed by atoms with E-state index in [1.807, 2.05) is 31.2 Å². The molecule has 0 bridgehead atoms. The van der Waals surface area contributed by atoms with E-state index in [4.69, 9.17) is 4.74 Å². The van der Waals surface area contributed by atoms with Crippen LogP contribution in [0.1, 0.15) is 18.3 Å². The molecule has 0 fully saturated rings. The molecular formula is C18H14BrI2N3O2. The van der Waals surface area contributed by atoms with E-state index in [0.29, 0.717) is 23.3 Å². The van der Waals surface area contributed by atoms with Crippen LogP contribution in [-0.2, 0) is 0 Å². The second-order valence-corrected chi connectivity index (χ2v) is 8.67. The zero-order valence-corrected chi connectivity index (χ0v) is 19.9. The van der Waals surface area contributed by atoms with E-state index >= 15 is 0 Å². The van der Waals surface area contributed by atoms with Crippen molar-refractivity contribution in [1.29, 1.82) is 0 Å². The normalized spacial score (nSPS) is 11.4. The van der Waals surface area contributed by atoms with Crippen molar-refractivity contribution in [3.63, 3.8) is 0 Å². The Bertz CT molecular complexity index is 1060. The van der Waals surface area contributed by atoms with Gasteiger partial charge in [-0.15, -0.1) is 0 Å². The lowest BCUT2D eigenvalue weighted by Crippen LogP contribution is -2.20. The van der Waals surface area contributed by atoms with Crippen LogP contribution in [0.3, 0.4) is 0 Å². The summed E-state index contributed by atoms with van der Waals surface area (Å²) in [5.74, 6) is 1.41. The maximum absolute atomic E-state index is 12.8. The second-order valence-electron chi connectivity index (χ2n) is 5.43. The molecule has 0 aliphatic heterocycles. The minimum absolute atomic E-state index is 0.194. The molecule has 0 spiro atoms. The third-order valence-electron chi connectivity index (χ3n) is 3.60. The molecule has 0 saturated heterocycles. The van der Waals surface area contributed by atoms with Crippen molar-refractivity contribution in [2.24, 2.45) is 5.10 Å². The summed E-state index contributed by atoms with van der Waals surface area (Å²) in [6.07, 6.45) is 1.67. The van der Waals surface area contributed by atoms with Crippen LogP contribution in [0.4, 0.5) is 0 Å². The van der Waals surface area contributed by atoms with Crippen molar-refractivity contribution in [3.05, 3.63) is 63.7 Å². The number of ether oxygens (including phenoxy) is 1. The summed E-state index contributed by atoms with van der Waals surface area (Å²) in [5, 5.41) is 4.89. The molecule has 8 heteroatoms. The van der Waals surface area contributed by atoms with Crippen LogP contribution in [0, 0.1) is 14.1 Å². The molecule has 1 aromatic heterocycles. The van der Waals surface area contributed by atoms with Crippen LogP contribution in [0.5, 0.6) is 5.75 Å². The standard InChI is InChI=1S/C18H14BrI2N3O2/c1-3-26-17-14(20)6-11(7-15(17)21)9-22-24-10(2)23-16-5-4-12(19)8-13(16)18(24)25/h4-9H,3H2,1-2H3. The van der Waals surface area contributed by atoms with Gasteiger partial charge in [-0.1, -0.05) is 15.9 Å². The van der Waals surface area contributed by atoms with E-state index in [1.165, 1.54) is 4.68 Å². The van der Waals surface area contributed by atoms with Crippen molar-refractivity contribution >= 4 is 78.2 Å². The number of benzene rings is 2. The van der Waals surface area contributed by atoms with Crippen LogP contribution >= 0.6 is 61.1 Å². The predicted molar refractivity (Wildman–Crippen MR) is 124 cm³/mol. The van der Waals surface area contributed by atoms with Crippen molar-refractivity contribution in [2.75, 3.05) is 6.61 Å². The minimum Gasteiger partial charge on any atom is -0.492 e. The smallest absolute Gasteiger partial charge is 0.282 e. The Hall–Kier alpha value is -1.01. The van der Waals surface area contributed by atoms with Gasteiger partial charge in [0.1, 0.15) is 11.6 Å². The predicted octanol–water partition coefficient (Wildman–Crippen LogP) is 4.96. The topological polar surface area (TPSA) is 56.5 Å². The number of hydrogen-bond donors (Lipinski definition) is 0. The molecule has 5 nitrogen and oxygen atoms in total. The third-order valence-corrected chi connectivity index (χ3v) is 5.70. The summed E-state index contributed by atoms with van der Waals surface area (Å²) in [5.41, 5.74) is 1.36. The van der Waals surface area contributed by atoms with Gasteiger partial charge in [0.2, 0.25) is 0 Å². The molecular weight excluding hydrogens is 624 g/mol. The van der Waals surface area contributed by atoms with Gasteiger partial charge in [0, 0.05) is 4.47 Å². The van der Waals surface area contributed by atoms with Gasteiger partial charge in [-0.25, -0.2) is 4.98 Å². The molecule has 3 rings (SSSR count). The van der Waals surface area contributed by atoms with Gasteiger partial charge in [0.25, 0.3) is 5.56 Å². The summed E-state index contributed by atoms with van der Waals surface area (Å²) >= 11 is 7.87. The lowest BCUT2D eigenvalue weighted by atomic mass is 10.2. The monoisotopic (exact) mass is 637 g/mol. The fourth-order valence-electron chi connectivity index (χ4n) is 2.46. The van der Waals surface area contributed by atoms with Gasteiger partial charge in [0.05, 0.1) is 30.9 Å². The van der Waals surface area contributed by atoms with E-state index < -0.39 is 0 Å². The number of fused-ring (bicyclic) bond motifs is 1. The average Bonchev–Trinajstić information content (AvgIpc) is 2.59. The Morgan fingerprint density at radius 3 is 2.62 bits per heavy atom. The van der Waals surface area contributed by atoms with Gasteiger partial charge >= 0.3 is 0 Å². The highest BCUT2D eigenvalue weighted by Gasteiger charge is 2.09. The minimum atomic E-state index is -0.194. The molecule has 0 aliphatic carbocycles. The fraction of sp³-hybridized carbons (Fsp3) is 0.167. The van der Waals surface area contributed by atoms with E-state index in [1.54, 1.807) is 19.2 Å². The second kappa shape index (κ2) is 8.34. The third kappa shape index (κ3) is 4.11. The maximum atomic E-state index is 12.8. The van der Waals surface area contributed by atoms with Crippen molar-refractivity contribution in [3.8, 4) is 5.75 Å². The summed E-state index contributed by atoms with van der Waals surface area (Å²) in [4.78, 5) is 17.2. The largest absolute Gasteiger partial charge is 0.492 e. The highest BCUT2D eigenvalue weighted by molar-refractivity contribution is 14.1. The maximum Gasteiger partial charge on any atom is 0.282 e. The Labute approximate surface area is 186 Å². The molecule has 0 radical (unpaired) electrons. The zero-order valence-electron chi connectivity index (χ0n) is 14.0. The molecule has 2 aromatic carbocycles. The number of hydrogen-bond acceptors (Lipinski definition) is 4. The summed E-state index contributed by atoms with van der Waals surface area (Å²) in [6.45, 7) is 4.35. The quantitative estimate of drug-likeness (QED) is 0.300. The molecule has 0 amide bonds. The van der Waals surface area contributed by atoms with Crippen LogP contribution < -0.4 is 10.3 Å². The summed E-state index contributed by atoms with van der Waals surface area (Å²) in [7, 11) is 0. The molecule has 1 heterocycles. The first-order valence-electron chi connectivity index (χ1n) is 7.76. The van der Waals surface area contributed by atoms with Crippen LogP contribution in [0.25, 0.3) is 10.9 Å². The molecule has 0 unspecified atom stereocenters. The van der Waals surface area contributed by atoms with Gasteiger partial charge in [-0.3, -0.25) is 4.79 Å². The van der Waals surface area contributed by atoms with Gasteiger partial charge < -0.3 is 4.74 Å². The Morgan fingerprint density at radius 2 is 1.96 bits per heavy atom. The molecule has 134 valence electrons. The van der Waals surface area contributed by atoms with E-state index in [-0.39, 0.29) is 5.56 Å². The Morgan fingerprint density at radius 1 is 1.27 bits per heavy atom. The van der Waals surface area contributed by atoms with Gasteiger partial charge in [0.15, 0.2) is 0 Å². The number of rotatable bonds is 4. The number of aryl methyl sites for hydroxylation is 1. The molecule has 3 aromatic rings. The highest BCUT2D eigenvalue weighted by Crippen LogP contribution is 2.28.